The van der Waals surface area contributed by atoms with Crippen molar-refractivity contribution in [1.29, 1.82) is 0 Å². The van der Waals surface area contributed by atoms with Crippen LogP contribution < -0.4 is 0 Å². The number of benzene rings is 1. The Morgan fingerprint density at radius 1 is 1.17 bits per heavy atom. The van der Waals surface area contributed by atoms with Crippen LogP contribution in [0.5, 0.6) is 0 Å². The van der Waals surface area contributed by atoms with Crippen LogP contribution in [0, 0.1) is 13.8 Å². The van der Waals surface area contributed by atoms with Gasteiger partial charge in [-0.25, -0.2) is 13.2 Å². The van der Waals surface area contributed by atoms with Crippen molar-refractivity contribution >= 4 is 27.6 Å². The second-order valence-corrected chi connectivity index (χ2v) is 8.24. The number of rotatable bonds is 8. The van der Waals surface area contributed by atoms with Crippen molar-refractivity contribution in [1.82, 2.24) is 9.45 Å². The normalized spacial score (nSPS) is 11.5. The molecule has 2 rings (SSSR count). The average Bonchev–Trinajstić information content (AvgIpc) is 2.99. The van der Waals surface area contributed by atoms with Crippen molar-refractivity contribution in [2.45, 2.75) is 25.7 Å². The first-order valence-corrected chi connectivity index (χ1v) is 9.98. The highest BCUT2D eigenvalue weighted by atomic mass is 32.2. The van der Waals surface area contributed by atoms with E-state index in [4.69, 9.17) is 9.57 Å². The largest absolute Gasteiger partial charge is 0.454 e. The molecule has 2 aromatic rings. The molecule has 0 saturated carbocycles. The Morgan fingerprint density at radius 2 is 1.83 bits per heavy atom. The molecule has 9 nitrogen and oxygen atoms in total. The number of H-pyrrole nitrogens is 1. The Labute approximate surface area is 168 Å². The third-order valence-electron chi connectivity index (χ3n) is 4.37. The van der Waals surface area contributed by atoms with Gasteiger partial charge in [0.25, 0.3) is 10.0 Å². The van der Waals surface area contributed by atoms with Crippen LogP contribution in [0.4, 0.5) is 0 Å². The minimum Gasteiger partial charge on any atom is -0.454 e. The number of carbonyl (C=O) groups is 3. The molecule has 156 valence electrons. The summed E-state index contributed by atoms with van der Waals surface area (Å²) in [4.78, 5) is 43.7. The molecule has 1 heterocycles. The molecule has 1 N–H and O–H groups in total. The van der Waals surface area contributed by atoms with E-state index in [1.165, 1.54) is 39.3 Å². The quantitative estimate of drug-likeness (QED) is 0.392. The summed E-state index contributed by atoms with van der Waals surface area (Å²) in [5.41, 5.74) is 1.64. The fourth-order valence-corrected chi connectivity index (χ4v) is 3.89. The number of hydrogen-bond acceptors (Lipinski definition) is 7. The maximum absolute atomic E-state index is 12.4. The highest BCUT2D eigenvalue weighted by molar-refractivity contribution is 7.89. The number of hydrogen-bond donors (Lipinski definition) is 1. The van der Waals surface area contributed by atoms with Crippen molar-refractivity contribution in [2.75, 3.05) is 20.8 Å². The lowest BCUT2D eigenvalue weighted by molar-refractivity contribution is -0.0258. The number of aromatic nitrogens is 1. The standard InChI is InChI=1S/C19H22N2O7S/c1-11-17(13(3)22)12(2)20-18(11)16(23)10-28-19(24)14-7-6-8-15(9-14)29(25,26)21(4)27-5/h6-9,20H,10H2,1-5H3. The molecular weight excluding hydrogens is 400 g/mol. The van der Waals surface area contributed by atoms with Crippen LogP contribution in [-0.2, 0) is 19.6 Å². The second kappa shape index (κ2) is 8.68. The molecule has 10 heteroatoms. The number of hydroxylamine groups is 1. The molecule has 0 aliphatic rings. The molecule has 0 amide bonds. The molecule has 0 aliphatic carbocycles. The monoisotopic (exact) mass is 422 g/mol. The third-order valence-corrected chi connectivity index (χ3v) is 6.04. The predicted molar refractivity (Wildman–Crippen MR) is 103 cm³/mol. The van der Waals surface area contributed by atoms with Crippen LogP contribution in [0.1, 0.15) is 49.4 Å². The molecule has 0 unspecified atom stereocenters. The van der Waals surface area contributed by atoms with Crippen LogP contribution in [0.3, 0.4) is 0 Å². The molecule has 1 aromatic carbocycles. The van der Waals surface area contributed by atoms with E-state index >= 15 is 0 Å². The van der Waals surface area contributed by atoms with Gasteiger partial charge in [0, 0.05) is 18.3 Å². The van der Waals surface area contributed by atoms with Gasteiger partial charge in [-0.3, -0.25) is 14.4 Å². The molecule has 29 heavy (non-hydrogen) atoms. The fraction of sp³-hybridized carbons (Fsp3) is 0.316. The summed E-state index contributed by atoms with van der Waals surface area (Å²) in [6.07, 6.45) is 0. The lowest BCUT2D eigenvalue weighted by Crippen LogP contribution is -2.26. The summed E-state index contributed by atoms with van der Waals surface area (Å²) >= 11 is 0. The lowest BCUT2D eigenvalue weighted by Gasteiger charge is -2.14. The number of sulfonamides is 1. The Morgan fingerprint density at radius 3 is 2.38 bits per heavy atom. The van der Waals surface area contributed by atoms with Gasteiger partial charge < -0.3 is 9.72 Å². The minimum absolute atomic E-state index is 0.0350. The van der Waals surface area contributed by atoms with E-state index in [0.717, 1.165) is 6.07 Å². The van der Waals surface area contributed by atoms with Crippen LogP contribution in [0.15, 0.2) is 29.2 Å². The zero-order valence-electron chi connectivity index (χ0n) is 16.7. The topological polar surface area (TPSA) is 123 Å². The van der Waals surface area contributed by atoms with Crippen molar-refractivity contribution < 1.29 is 32.4 Å². The molecule has 0 bridgehead atoms. The first-order valence-electron chi connectivity index (χ1n) is 8.54. The van der Waals surface area contributed by atoms with Crippen LogP contribution >= 0.6 is 0 Å². The molecule has 0 aliphatic heterocycles. The maximum Gasteiger partial charge on any atom is 0.338 e. The summed E-state index contributed by atoms with van der Waals surface area (Å²) in [5, 5.41) is 0. The van der Waals surface area contributed by atoms with Gasteiger partial charge in [-0.2, -0.15) is 0 Å². The number of Topliss-reactive ketones (excluding diaryl/α,β-unsaturated/α-hetero) is 2. The molecule has 0 atom stereocenters. The summed E-state index contributed by atoms with van der Waals surface area (Å²) in [6, 6.07) is 5.19. The zero-order valence-corrected chi connectivity index (χ0v) is 17.5. The number of ether oxygens (including phenoxy) is 1. The van der Waals surface area contributed by atoms with E-state index in [9.17, 15) is 22.8 Å². The molecule has 0 radical (unpaired) electrons. The number of carbonyl (C=O) groups excluding carboxylic acids is 3. The Kier molecular flexibility index (Phi) is 6.73. The van der Waals surface area contributed by atoms with Crippen molar-refractivity contribution in [3.63, 3.8) is 0 Å². The molecule has 0 saturated heterocycles. The summed E-state index contributed by atoms with van der Waals surface area (Å²) in [5.74, 6) is -1.54. The third kappa shape index (κ3) is 4.61. The van der Waals surface area contributed by atoms with E-state index in [2.05, 4.69) is 4.98 Å². The Hall–Kier alpha value is -2.82. The van der Waals surface area contributed by atoms with E-state index in [-0.39, 0.29) is 21.9 Å². The number of nitrogens with one attached hydrogen (secondary N) is 1. The smallest absolute Gasteiger partial charge is 0.338 e. The number of aromatic amines is 1. The van der Waals surface area contributed by atoms with E-state index in [0.29, 0.717) is 21.3 Å². The number of nitrogens with zero attached hydrogens (tertiary/aromatic N) is 1. The minimum atomic E-state index is -3.94. The lowest BCUT2D eigenvalue weighted by atomic mass is 10.1. The molecule has 0 fully saturated rings. The number of ketones is 2. The second-order valence-electron chi connectivity index (χ2n) is 6.31. The number of esters is 1. The highest BCUT2D eigenvalue weighted by Gasteiger charge is 2.24. The summed E-state index contributed by atoms with van der Waals surface area (Å²) in [6.45, 7) is 4.15. The van der Waals surface area contributed by atoms with Gasteiger partial charge in [-0.15, -0.1) is 0 Å². The maximum atomic E-state index is 12.4. The summed E-state index contributed by atoms with van der Waals surface area (Å²) in [7, 11) is -1.52. The summed E-state index contributed by atoms with van der Waals surface area (Å²) < 4.78 is 30.2. The van der Waals surface area contributed by atoms with Gasteiger partial charge in [-0.05, 0) is 44.5 Å². The van der Waals surface area contributed by atoms with E-state index in [1.54, 1.807) is 13.8 Å². The predicted octanol–water partition coefficient (Wildman–Crippen LogP) is 2.06. The first-order chi connectivity index (χ1) is 13.5. The van der Waals surface area contributed by atoms with Crippen molar-refractivity contribution in [3.8, 4) is 0 Å². The molecule has 0 spiro atoms. The average molecular weight is 422 g/mol. The first kappa shape index (κ1) is 22.5. The van der Waals surface area contributed by atoms with Crippen LogP contribution in [0.25, 0.3) is 0 Å². The van der Waals surface area contributed by atoms with Crippen LogP contribution in [-0.4, -0.2) is 56.2 Å². The Balaban J connectivity index is 2.16. The van der Waals surface area contributed by atoms with E-state index < -0.39 is 28.4 Å². The SMILES string of the molecule is CON(C)S(=O)(=O)c1cccc(C(=O)OCC(=O)c2[nH]c(C)c(C(C)=O)c2C)c1. The van der Waals surface area contributed by atoms with Crippen LogP contribution in [0.2, 0.25) is 0 Å². The highest BCUT2D eigenvalue weighted by Crippen LogP contribution is 2.20. The van der Waals surface area contributed by atoms with Gasteiger partial charge in [0.1, 0.15) is 0 Å². The zero-order chi connectivity index (χ0) is 21.9. The van der Waals surface area contributed by atoms with Crippen molar-refractivity contribution in [2.24, 2.45) is 0 Å². The van der Waals surface area contributed by atoms with Gasteiger partial charge in [-0.1, -0.05) is 10.5 Å². The fourth-order valence-electron chi connectivity index (χ4n) is 2.87. The van der Waals surface area contributed by atoms with Gasteiger partial charge in [0.05, 0.1) is 23.3 Å². The van der Waals surface area contributed by atoms with Gasteiger partial charge >= 0.3 is 5.97 Å². The molecule has 1 aromatic heterocycles. The van der Waals surface area contributed by atoms with Gasteiger partial charge in [0.15, 0.2) is 12.4 Å². The van der Waals surface area contributed by atoms with Crippen molar-refractivity contribution in [3.05, 3.63) is 52.3 Å². The number of aryl methyl sites for hydroxylation is 1. The van der Waals surface area contributed by atoms with E-state index in [1.807, 2.05) is 0 Å². The Bertz CT molecular complexity index is 1070. The van der Waals surface area contributed by atoms with Gasteiger partial charge in [0.2, 0.25) is 5.78 Å². The molecular formula is C19H22N2O7S.